The van der Waals surface area contributed by atoms with Crippen LogP contribution >= 0.6 is 0 Å². The van der Waals surface area contributed by atoms with Crippen molar-refractivity contribution in [3.63, 3.8) is 0 Å². The van der Waals surface area contributed by atoms with E-state index in [0.29, 0.717) is 13.0 Å². The van der Waals surface area contributed by atoms with Crippen LogP contribution < -0.4 is 10.1 Å². The topological polar surface area (TPSA) is 69.0 Å². The Labute approximate surface area is 142 Å². The maximum atomic E-state index is 12.2. The average Bonchev–Trinajstić information content (AvgIpc) is 3.11. The fraction of sp³-hybridized carbons (Fsp3) is 0.500. The molecule has 1 N–H and O–H groups in total. The number of amides is 1. The summed E-state index contributed by atoms with van der Waals surface area (Å²) in [5.74, 6) is 0.957. The van der Waals surface area contributed by atoms with E-state index in [1.807, 2.05) is 30.3 Å². The highest BCUT2D eigenvalue weighted by Gasteiger charge is 2.28. The molecule has 2 aromatic rings. The van der Waals surface area contributed by atoms with Gasteiger partial charge in [-0.2, -0.15) is 5.10 Å². The Morgan fingerprint density at radius 1 is 1.25 bits per heavy atom. The number of aromatic nitrogens is 3. The van der Waals surface area contributed by atoms with Crippen LogP contribution in [-0.4, -0.2) is 32.8 Å². The minimum Gasteiger partial charge on any atom is -0.488 e. The van der Waals surface area contributed by atoms with Crippen LogP contribution in [0.4, 0.5) is 0 Å². The van der Waals surface area contributed by atoms with Crippen LogP contribution in [-0.2, 0) is 11.3 Å². The van der Waals surface area contributed by atoms with E-state index in [1.54, 1.807) is 11.0 Å². The second-order valence-corrected chi connectivity index (χ2v) is 6.19. The van der Waals surface area contributed by atoms with Crippen molar-refractivity contribution in [2.24, 2.45) is 0 Å². The van der Waals surface area contributed by atoms with Gasteiger partial charge in [0.1, 0.15) is 24.5 Å². The number of carbonyl (C=O) groups is 1. The lowest BCUT2D eigenvalue weighted by atomic mass is 9.92. The molecule has 1 aromatic heterocycles. The van der Waals surface area contributed by atoms with Gasteiger partial charge in [0, 0.05) is 13.0 Å². The van der Waals surface area contributed by atoms with Gasteiger partial charge < -0.3 is 10.1 Å². The van der Waals surface area contributed by atoms with E-state index in [0.717, 1.165) is 37.9 Å². The Balaban J connectivity index is 1.47. The van der Waals surface area contributed by atoms with Crippen molar-refractivity contribution in [3.8, 4) is 5.75 Å². The first-order chi connectivity index (χ1) is 11.8. The van der Waals surface area contributed by atoms with Crippen molar-refractivity contribution in [1.29, 1.82) is 0 Å². The first-order valence-electron chi connectivity index (χ1n) is 8.65. The number of para-hydroxylation sites is 1. The molecule has 1 amide bonds. The molecule has 1 saturated carbocycles. The van der Waals surface area contributed by atoms with Gasteiger partial charge in [-0.05, 0) is 37.8 Å². The van der Waals surface area contributed by atoms with E-state index in [2.05, 4.69) is 15.4 Å². The molecule has 0 bridgehead atoms. The van der Waals surface area contributed by atoms with Crippen molar-refractivity contribution in [3.05, 3.63) is 43.0 Å². The molecule has 1 aromatic carbocycles. The SMILES string of the molecule is O=C(CCCn1cncn1)N[C@@H]1CCCC[C@@H]1Oc1ccccc1. The summed E-state index contributed by atoms with van der Waals surface area (Å²) in [5, 5.41) is 7.20. The smallest absolute Gasteiger partial charge is 0.220 e. The molecule has 6 heteroatoms. The van der Waals surface area contributed by atoms with Crippen LogP contribution in [0.1, 0.15) is 38.5 Å². The number of hydrogen-bond acceptors (Lipinski definition) is 4. The second-order valence-electron chi connectivity index (χ2n) is 6.19. The van der Waals surface area contributed by atoms with Crippen molar-refractivity contribution >= 4 is 5.91 Å². The standard InChI is InChI=1S/C18H24N4O2/c23-18(11-6-12-22-14-19-13-20-22)21-16-9-4-5-10-17(16)24-15-7-2-1-3-8-15/h1-3,7-8,13-14,16-17H,4-6,9-12H2,(H,21,23)/t16-,17+/m1/s1. The molecular formula is C18H24N4O2. The molecule has 128 valence electrons. The molecule has 24 heavy (non-hydrogen) atoms. The van der Waals surface area contributed by atoms with Crippen LogP contribution in [0.2, 0.25) is 0 Å². The molecule has 1 heterocycles. The molecule has 0 unspecified atom stereocenters. The molecule has 1 aliphatic rings. The molecule has 2 atom stereocenters. The third-order valence-corrected chi connectivity index (χ3v) is 4.34. The van der Waals surface area contributed by atoms with Gasteiger partial charge in [0.25, 0.3) is 0 Å². The highest BCUT2D eigenvalue weighted by Crippen LogP contribution is 2.24. The fourth-order valence-corrected chi connectivity index (χ4v) is 3.11. The average molecular weight is 328 g/mol. The zero-order valence-electron chi connectivity index (χ0n) is 13.8. The van der Waals surface area contributed by atoms with E-state index in [9.17, 15) is 4.79 Å². The summed E-state index contributed by atoms with van der Waals surface area (Å²) >= 11 is 0. The van der Waals surface area contributed by atoms with Crippen LogP contribution in [0, 0.1) is 0 Å². The largest absolute Gasteiger partial charge is 0.488 e. The third kappa shape index (κ3) is 4.81. The molecule has 0 saturated heterocycles. The molecule has 1 fully saturated rings. The molecule has 0 aliphatic heterocycles. The number of ether oxygens (including phenoxy) is 1. The zero-order chi connectivity index (χ0) is 16.6. The Morgan fingerprint density at radius 3 is 2.88 bits per heavy atom. The number of nitrogens with one attached hydrogen (secondary N) is 1. The minimum absolute atomic E-state index is 0.0559. The zero-order valence-corrected chi connectivity index (χ0v) is 13.8. The first-order valence-corrected chi connectivity index (χ1v) is 8.65. The number of hydrogen-bond donors (Lipinski definition) is 1. The van der Waals surface area contributed by atoms with Crippen LogP contribution in [0.3, 0.4) is 0 Å². The van der Waals surface area contributed by atoms with Gasteiger partial charge in [0.2, 0.25) is 5.91 Å². The Bertz CT molecular complexity index is 615. The van der Waals surface area contributed by atoms with Crippen molar-refractivity contribution in [2.75, 3.05) is 0 Å². The summed E-state index contributed by atoms with van der Waals surface area (Å²) in [6, 6.07) is 9.93. The van der Waals surface area contributed by atoms with Crippen molar-refractivity contribution < 1.29 is 9.53 Å². The summed E-state index contributed by atoms with van der Waals surface area (Å²) in [5.41, 5.74) is 0. The normalized spacial score (nSPS) is 20.5. The van der Waals surface area contributed by atoms with Gasteiger partial charge in [-0.3, -0.25) is 9.48 Å². The van der Waals surface area contributed by atoms with Gasteiger partial charge in [-0.25, -0.2) is 4.98 Å². The lowest BCUT2D eigenvalue weighted by Gasteiger charge is -2.32. The second kappa shape index (κ2) is 8.47. The molecule has 6 nitrogen and oxygen atoms in total. The van der Waals surface area contributed by atoms with E-state index in [1.165, 1.54) is 6.33 Å². The van der Waals surface area contributed by atoms with Crippen LogP contribution in [0.5, 0.6) is 5.75 Å². The number of aryl methyl sites for hydroxylation is 1. The van der Waals surface area contributed by atoms with Gasteiger partial charge in [0.15, 0.2) is 0 Å². The van der Waals surface area contributed by atoms with Gasteiger partial charge >= 0.3 is 0 Å². The van der Waals surface area contributed by atoms with Crippen LogP contribution in [0.15, 0.2) is 43.0 Å². The Kier molecular flexibility index (Phi) is 5.82. The maximum absolute atomic E-state index is 12.2. The maximum Gasteiger partial charge on any atom is 0.220 e. The molecule has 3 rings (SSSR count). The summed E-state index contributed by atoms with van der Waals surface area (Å²) in [4.78, 5) is 16.1. The first kappa shape index (κ1) is 16.5. The molecule has 0 radical (unpaired) electrons. The third-order valence-electron chi connectivity index (χ3n) is 4.34. The Hall–Kier alpha value is -2.37. The van der Waals surface area contributed by atoms with Crippen molar-refractivity contribution in [1.82, 2.24) is 20.1 Å². The number of rotatable bonds is 7. The van der Waals surface area contributed by atoms with Gasteiger partial charge in [-0.15, -0.1) is 0 Å². The van der Waals surface area contributed by atoms with E-state index in [4.69, 9.17) is 4.74 Å². The van der Waals surface area contributed by atoms with Gasteiger partial charge in [-0.1, -0.05) is 24.6 Å². The number of nitrogens with zero attached hydrogens (tertiary/aromatic N) is 3. The summed E-state index contributed by atoms with van der Waals surface area (Å²) in [7, 11) is 0. The molecular weight excluding hydrogens is 304 g/mol. The monoisotopic (exact) mass is 328 g/mol. The lowest BCUT2D eigenvalue weighted by molar-refractivity contribution is -0.123. The quantitative estimate of drug-likeness (QED) is 0.848. The predicted octanol–water partition coefficient (Wildman–Crippen LogP) is 2.56. The van der Waals surface area contributed by atoms with E-state index in [-0.39, 0.29) is 18.1 Å². The summed E-state index contributed by atoms with van der Waals surface area (Å²) in [6.45, 7) is 0.710. The van der Waals surface area contributed by atoms with E-state index < -0.39 is 0 Å². The highest BCUT2D eigenvalue weighted by molar-refractivity contribution is 5.76. The highest BCUT2D eigenvalue weighted by atomic mass is 16.5. The lowest BCUT2D eigenvalue weighted by Crippen LogP contribution is -2.47. The fourth-order valence-electron chi connectivity index (χ4n) is 3.11. The minimum atomic E-state index is 0.0559. The Morgan fingerprint density at radius 2 is 2.08 bits per heavy atom. The predicted molar refractivity (Wildman–Crippen MR) is 90.5 cm³/mol. The number of carbonyl (C=O) groups excluding carboxylic acids is 1. The van der Waals surface area contributed by atoms with Crippen molar-refractivity contribution in [2.45, 2.75) is 57.2 Å². The van der Waals surface area contributed by atoms with Crippen LogP contribution in [0.25, 0.3) is 0 Å². The summed E-state index contributed by atoms with van der Waals surface area (Å²) in [6.07, 6.45) is 8.73. The molecule has 1 aliphatic carbocycles. The van der Waals surface area contributed by atoms with E-state index >= 15 is 0 Å². The number of benzene rings is 1. The summed E-state index contributed by atoms with van der Waals surface area (Å²) < 4.78 is 7.84. The van der Waals surface area contributed by atoms with Gasteiger partial charge in [0.05, 0.1) is 6.04 Å². The molecule has 0 spiro atoms.